The van der Waals surface area contributed by atoms with Crippen LogP contribution in [0.5, 0.6) is 11.5 Å². The smallest absolute Gasteiger partial charge is 0.387 e. The van der Waals surface area contributed by atoms with Gasteiger partial charge in [0.15, 0.2) is 11.6 Å². The molecule has 2 aromatic carbocycles. The average Bonchev–Trinajstić information content (AvgIpc) is 3.21. The highest BCUT2D eigenvalue weighted by Crippen LogP contribution is 2.30. The molecule has 0 saturated heterocycles. The Kier molecular flexibility index (Phi) is 6.87. The SMILES string of the molecule is COc1cc(F)c(-n2cc(-c3ccnc(Cl)c3)nc2NC(=O)c2ccc(OC(F)F)cc2)c(F)c1. The van der Waals surface area contributed by atoms with E-state index in [4.69, 9.17) is 16.3 Å². The van der Waals surface area contributed by atoms with Crippen LogP contribution in [0.3, 0.4) is 0 Å². The van der Waals surface area contributed by atoms with Crippen LogP contribution in [-0.4, -0.2) is 34.2 Å². The fourth-order valence-electron chi connectivity index (χ4n) is 3.19. The molecular formula is C23H15ClF4N4O3. The van der Waals surface area contributed by atoms with Crippen molar-refractivity contribution in [3.05, 3.63) is 83.3 Å². The number of ether oxygens (including phenoxy) is 2. The first-order chi connectivity index (χ1) is 16.7. The third kappa shape index (κ3) is 5.35. The highest BCUT2D eigenvalue weighted by Gasteiger charge is 2.21. The number of benzene rings is 2. The third-order valence-electron chi connectivity index (χ3n) is 4.76. The fraction of sp³-hybridized carbons (Fsp3) is 0.0870. The van der Waals surface area contributed by atoms with E-state index in [0.717, 1.165) is 16.7 Å². The van der Waals surface area contributed by atoms with Crippen molar-refractivity contribution in [3.8, 4) is 28.4 Å². The monoisotopic (exact) mass is 506 g/mol. The molecule has 0 aliphatic rings. The van der Waals surface area contributed by atoms with E-state index >= 15 is 0 Å². The molecule has 0 spiro atoms. The molecule has 0 unspecified atom stereocenters. The molecule has 0 atom stereocenters. The molecular weight excluding hydrogens is 492 g/mol. The summed E-state index contributed by atoms with van der Waals surface area (Å²) in [6, 6.07) is 9.89. The molecule has 0 saturated carbocycles. The number of hydrogen-bond donors (Lipinski definition) is 1. The van der Waals surface area contributed by atoms with Crippen molar-refractivity contribution >= 4 is 23.5 Å². The lowest BCUT2D eigenvalue weighted by atomic mass is 10.2. The predicted octanol–water partition coefficient (Wildman–Crippen LogP) is 5.73. The highest BCUT2D eigenvalue weighted by molar-refractivity contribution is 6.29. The minimum absolute atomic E-state index is 0.0401. The minimum atomic E-state index is -3.02. The lowest BCUT2D eigenvalue weighted by Crippen LogP contribution is -2.16. The Morgan fingerprint density at radius 1 is 1.06 bits per heavy atom. The van der Waals surface area contributed by atoms with Gasteiger partial charge in [-0.05, 0) is 36.4 Å². The Morgan fingerprint density at radius 2 is 1.74 bits per heavy atom. The maximum Gasteiger partial charge on any atom is 0.387 e. The summed E-state index contributed by atoms with van der Waals surface area (Å²) in [4.78, 5) is 21.0. The van der Waals surface area contributed by atoms with Crippen LogP contribution in [-0.2, 0) is 0 Å². The number of methoxy groups -OCH3 is 1. The number of halogens is 5. The van der Waals surface area contributed by atoms with Crippen molar-refractivity contribution in [2.24, 2.45) is 0 Å². The van der Waals surface area contributed by atoms with Crippen molar-refractivity contribution in [2.75, 3.05) is 12.4 Å². The fourth-order valence-corrected chi connectivity index (χ4v) is 3.37. The number of rotatable bonds is 7. The molecule has 0 radical (unpaired) electrons. The molecule has 4 rings (SSSR count). The van der Waals surface area contributed by atoms with Gasteiger partial charge in [0.05, 0.1) is 12.8 Å². The third-order valence-corrected chi connectivity index (χ3v) is 4.97. The summed E-state index contributed by atoms with van der Waals surface area (Å²) in [5, 5.41) is 2.65. The van der Waals surface area contributed by atoms with Gasteiger partial charge < -0.3 is 9.47 Å². The number of amides is 1. The van der Waals surface area contributed by atoms with Gasteiger partial charge in [0.25, 0.3) is 5.91 Å². The van der Waals surface area contributed by atoms with Crippen molar-refractivity contribution < 1.29 is 31.8 Å². The molecule has 4 aromatic rings. The number of nitrogens with zero attached hydrogens (tertiary/aromatic N) is 3. The van der Waals surface area contributed by atoms with Gasteiger partial charge in [0.2, 0.25) is 5.95 Å². The van der Waals surface area contributed by atoms with Crippen LogP contribution >= 0.6 is 11.6 Å². The van der Waals surface area contributed by atoms with E-state index in [0.29, 0.717) is 5.56 Å². The Balaban J connectivity index is 1.75. The van der Waals surface area contributed by atoms with Gasteiger partial charge in [-0.1, -0.05) is 11.6 Å². The number of anilines is 1. The summed E-state index contributed by atoms with van der Waals surface area (Å²) < 4.78 is 64.6. The molecule has 12 heteroatoms. The molecule has 2 aromatic heterocycles. The summed E-state index contributed by atoms with van der Waals surface area (Å²) in [5.41, 5.74) is 0.257. The quantitative estimate of drug-likeness (QED) is 0.256. The number of carbonyl (C=O) groups excluding carboxylic acids is 1. The summed E-state index contributed by atoms with van der Waals surface area (Å²) >= 11 is 5.94. The van der Waals surface area contributed by atoms with Crippen LogP contribution < -0.4 is 14.8 Å². The standard InChI is InChI=1S/C23H15ClF4N4O3/c1-34-15-9-16(25)20(17(26)10-15)32-11-18(13-6-7-29-19(24)8-13)30-23(32)31-21(33)12-2-4-14(5-3-12)35-22(27)28/h2-11,22H,1H3,(H,30,31,33). The molecule has 7 nitrogen and oxygen atoms in total. The van der Waals surface area contributed by atoms with Crippen molar-refractivity contribution in [1.29, 1.82) is 0 Å². The van der Waals surface area contributed by atoms with E-state index in [-0.39, 0.29) is 33.9 Å². The van der Waals surface area contributed by atoms with Gasteiger partial charge in [-0.3, -0.25) is 14.7 Å². The second-order valence-corrected chi connectivity index (χ2v) is 7.37. The first kappa shape index (κ1) is 24.0. The molecule has 2 heterocycles. The largest absolute Gasteiger partial charge is 0.497 e. The average molecular weight is 507 g/mol. The number of hydrogen-bond acceptors (Lipinski definition) is 5. The van der Waals surface area contributed by atoms with E-state index < -0.39 is 29.8 Å². The van der Waals surface area contributed by atoms with Crippen molar-refractivity contribution in [1.82, 2.24) is 14.5 Å². The molecule has 1 N–H and O–H groups in total. The van der Waals surface area contributed by atoms with Gasteiger partial charge >= 0.3 is 6.61 Å². The number of aromatic nitrogens is 3. The van der Waals surface area contributed by atoms with Crippen LogP contribution in [0.4, 0.5) is 23.5 Å². The number of pyridine rings is 1. The maximum absolute atomic E-state index is 14.9. The zero-order valence-electron chi connectivity index (χ0n) is 17.8. The summed E-state index contributed by atoms with van der Waals surface area (Å²) in [6.07, 6.45) is 2.74. The Labute approximate surface area is 200 Å². The molecule has 0 bridgehead atoms. The Bertz CT molecular complexity index is 1360. The van der Waals surface area contributed by atoms with Crippen molar-refractivity contribution in [3.63, 3.8) is 0 Å². The summed E-state index contributed by atoms with van der Waals surface area (Å²) in [5.74, 6) is -3.05. The van der Waals surface area contributed by atoms with Crippen LogP contribution in [0, 0.1) is 11.6 Å². The second-order valence-electron chi connectivity index (χ2n) is 6.98. The normalized spacial score (nSPS) is 10.9. The van der Waals surface area contributed by atoms with E-state index in [1.54, 1.807) is 6.07 Å². The van der Waals surface area contributed by atoms with Gasteiger partial charge in [0.1, 0.15) is 22.3 Å². The zero-order chi connectivity index (χ0) is 25.1. The predicted molar refractivity (Wildman–Crippen MR) is 119 cm³/mol. The van der Waals surface area contributed by atoms with Gasteiger partial charge in [-0.25, -0.2) is 18.7 Å². The molecule has 0 aliphatic heterocycles. The number of imidazole rings is 1. The summed E-state index contributed by atoms with van der Waals surface area (Å²) in [7, 11) is 1.26. The van der Waals surface area contributed by atoms with Crippen LogP contribution in [0.15, 0.2) is 60.9 Å². The Hall–Kier alpha value is -4.12. The second kappa shape index (κ2) is 10.0. The van der Waals surface area contributed by atoms with E-state index in [1.807, 2.05) is 0 Å². The molecule has 0 fully saturated rings. The first-order valence-corrected chi connectivity index (χ1v) is 10.2. The van der Waals surface area contributed by atoms with Crippen molar-refractivity contribution in [2.45, 2.75) is 6.61 Å². The van der Waals surface area contributed by atoms with E-state index in [9.17, 15) is 22.4 Å². The minimum Gasteiger partial charge on any atom is -0.497 e. The van der Waals surface area contributed by atoms with Gasteiger partial charge in [0, 0.05) is 35.7 Å². The van der Waals surface area contributed by atoms with Crippen LogP contribution in [0.25, 0.3) is 16.9 Å². The van der Waals surface area contributed by atoms with Crippen LogP contribution in [0.1, 0.15) is 10.4 Å². The van der Waals surface area contributed by atoms with E-state index in [1.165, 1.54) is 49.8 Å². The zero-order valence-corrected chi connectivity index (χ0v) is 18.6. The number of alkyl halides is 2. The molecule has 180 valence electrons. The lowest BCUT2D eigenvalue weighted by Gasteiger charge is -2.12. The lowest BCUT2D eigenvalue weighted by molar-refractivity contribution is -0.0498. The van der Waals surface area contributed by atoms with Gasteiger partial charge in [-0.2, -0.15) is 8.78 Å². The maximum atomic E-state index is 14.9. The highest BCUT2D eigenvalue weighted by atomic mass is 35.5. The first-order valence-electron chi connectivity index (χ1n) is 9.86. The van der Waals surface area contributed by atoms with Crippen LogP contribution in [0.2, 0.25) is 5.15 Å². The topological polar surface area (TPSA) is 78.3 Å². The summed E-state index contributed by atoms with van der Waals surface area (Å²) in [6.45, 7) is -3.02. The molecule has 0 aliphatic carbocycles. The van der Waals surface area contributed by atoms with Gasteiger partial charge in [-0.15, -0.1) is 0 Å². The Morgan fingerprint density at radius 3 is 2.34 bits per heavy atom. The number of nitrogens with one attached hydrogen (secondary N) is 1. The number of carbonyl (C=O) groups is 1. The molecule has 1 amide bonds. The molecule has 35 heavy (non-hydrogen) atoms. The van der Waals surface area contributed by atoms with E-state index in [2.05, 4.69) is 20.0 Å².